The maximum atomic E-state index is 11.0. The van der Waals surface area contributed by atoms with Crippen LogP contribution >= 0.6 is 0 Å². The summed E-state index contributed by atoms with van der Waals surface area (Å²) >= 11 is 0. The van der Waals surface area contributed by atoms with Crippen molar-refractivity contribution in [3.8, 4) is 0 Å². The monoisotopic (exact) mass is 191 g/mol. The van der Waals surface area contributed by atoms with Gasteiger partial charge >= 0.3 is 0 Å². The van der Waals surface area contributed by atoms with Crippen molar-refractivity contribution in [1.82, 2.24) is 0 Å². The van der Waals surface area contributed by atoms with Gasteiger partial charge in [0, 0.05) is 0 Å². The highest BCUT2D eigenvalue weighted by Gasteiger charge is 2.59. The molecule has 0 radical (unpaired) electrons. The Balaban J connectivity index is 2.29. The highest BCUT2D eigenvalue weighted by Crippen LogP contribution is 2.48. The Labute approximate surface area is 82.9 Å². The molecule has 2 unspecified atom stereocenters. The number of ether oxygens (including phenoxy) is 1. The molecule has 1 aromatic rings. The van der Waals surface area contributed by atoms with Crippen LogP contribution in [0, 0.1) is 0 Å². The van der Waals surface area contributed by atoms with Crippen LogP contribution in [0.3, 0.4) is 0 Å². The van der Waals surface area contributed by atoms with Crippen LogP contribution in [0.25, 0.3) is 0 Å². The van der Waals surface area contributed by atoms with E-state index >= 15 is 0 Å². The van der Waals surface area contributed by atoms with Crippen LogP contribution in [0.15, 0.2) is 30.3 Å². The van der Waals surface area contributed by atoms with Crippen LogP contribution in [-0.4, -0.2) is 12.0 Å². The van der Waals surface area contributed by atoms with E-state index in [-0.39, 0.29) is 5.91 Å². The minimum atomic E-state index is -0.451. The molecular weight excluding hydrogens is 178 g/mol. The first-order valence-electron chi connectivity index (χ1n) is 4.73. The molecule has 0 aromatic heterocycles. The first-order valence-corrected chi connectivity index (χ1v) is 4.73. The van der Waals surface area contributed by atoms with Crippen molar-refractivity contribution in [2.24, 2.45) is 5.73 Å². The minimum absolute atomic E-state index is 0.379. The van der Waals surface area contributed by atoms with Crippen molar-refractivity contribution < 1.29 is 9.53 Å². The van der Waals surface area contributed by atoms with E-state index in [9.17, 15) is 4.79 Å². The molecule has 74 valence electrons. The Morgan fingerprint density at radius 2 is 2.14 bits per heavy atom. The average Bonchev–Trinajstić information content (AvgIpc) is 2.95. The molecule has 0 bridgehead atoms. The average molecular weight is 191 g/mol. The number of carbonyl (C=O) groups is 1. The third-order valence-electron chi connectivity index (χ3n) is 2.74. The molecule has 0 aliphatic carbocycles. The Hall–Kier alpha value is -1.35. The second-order valence-corrected chi connectivity index (χ2v) is 3.51. The van der Waals surface area contributed by atoms with Gasteiger partial charge in [0.25, 0.3) is 0 Å². The van der Waals surface area contributed by atoms with Crippen LogP contribution in [0.2, 0.25) is 0 Å². The first-order chi connectivity index (χ1) is 6.70. The predicted octanol–water partition coefficient (Wildman–Crippen LogP) is 1.18. The quantitative estimate of drug-likeness (QED) is 0.729. The van der Waals surface area contributed by atoms with Gasteiger partial charge in [-0.2, -0.15) is 0 Å². The Kier molecular flexibility index (Phi) is 2.04. The number of rotatable bonds is 3. The second kappa shape index (κ2) is 3.10. The van der Waals surface area contributed by atoms with Gasteiger partial charge in [-0.05, 0) is 12.0 Å². The van der Waals surface area contributed by atoms with Crippen LogP contribution in [0.5, 0.6) is 0 Å². The number of nitrogens with two attached hydrogens (primary N) is 1. The molecule has 2 rings (SSSR count). The molecular formula is C11H13NO2. The van der Waals surface area contributed by atoms with E-state index < -0.39 is 11.7 Å². The molecule has 0 saturated carbocycles. The van der Waals surface area contributed by atoms with Crippen molar-refractivity contribution in [3.63, 3.8) is 0 Å². The van der Waals surface area contributed by atoms with E-state index in [1.807, 2.05) is 37.3 Å². The third kappa shape index (κ3) is 1.21. The van der Waals surface area contributed by atoms with E-state index in [1.54, 1.807) is 0 Å². The molecule has 1 amide bonds. The van der Waals surface area contributed by atoms with Crippen LogP contribution in [0.4, 0.5) is 0 Å². The number of primary amides is 1. The smallest absolute Gasteiger partial charge is 0.250 e. The Morgan fingerprint density at radius 1 is 1.50 bits per heavy atom. The third-order valence-corrected chi connectivity index (χ3v) is 2.74. The lowest BCUT2D eigenvalue weighted by Crippen LogP contribution is -2.24. The maximum absolute atomic E-state index is 11.0. The highest BCUT2D eigenvalue weighted by molar-refractivity contribution is 5.83. The predicted molar refractivity (Wildman–Crippen MR) is 52.5 cm³/mol. The van der Waals surface area contributed by atoms with Crippen molar-refractivity contribution in [1.29, 1.82) is 0 Å². The standard InChI is InChI=1S/C11H13NO2/c1-2-11(9(14-11)10(12)13)8-6-4-3-5-7-8/h3-7,9H,2H2,1H3,(H2,12,13). The Bertz CT molecular complexity index is 350. The van der Waals surface area contributed by atoms with Crippen molar-refractivity contribution in [3.05, 3.63) is 35.9 Å². The van der Waals surface area contributed by atoms with Gasteiger partial charge in [0.1, 0.15) is 5.60 Å². The van der Waals surface area contributed by atoms with Crippen molar-refractivity contribution in [2.75, 3.05) is 0 Å². The molecule has 3 nitrogen and oxygen atoms in total. The molecule has 1 aliphatic rings. The van der Waals surface area contributed by atoms with Gasteiger partial charge in [-0.25, -0.2) is 0 Å². The molecule has 1 heterocycles. The zero-order chi connectivity index (χ0) is 10.2. The van der Waals surface area contributed by atoms with Gasteiger partial charge in [0.15, 0.2) is 6.10 Å². The zero-order valence-corrected chi connectivity index (χ0v) is 8.07. The molecule has 3 heteroatoms. The van der Waals surface area contributed by atoms with E-state index in [0.717, 1.165) is 12.0 Å². The fourth-order valence-corrected chi connectivity index (χ4v) is 1.88. The number of hydrogen-bond donors (Lipinski definition) is 1. The number of hydrogen-bond acceptors (Lipinski definition) is 2. The second-order valence-electron chi connectivity index (χ2n) is 3.51. The number of amides is 1. The van der Waals surface area contributed by atoms with Crippen LogP contribution in [-0.2, 0) is 15.1 Å². The number of carbonyl (C=O) groups excluding carboxylic acids is 1. The number of epoxide rings is 1. The topological polar surface area (TPSA) is 55.6 Å². The lowest BCUT2D eigenvalue weighted by Gasteiger charge is -2.09. The molecule has 2 N–H and O–H groups in total. The molecule has 1 aromatic carbocycles. The van der Waals surface area contributed by atoms with Crippen LogP contribution in [0.1, 0.15) is 18.9 Å². The van der Waals surface area contributed by atoms with Crippen molar-refractivity contribution >= 4 is 5.91 Å². The zero-order valence-electron chi connectivity index (χ0n) is 8.07. The number of benzene rings is 1. The summed E-state index contributed by atoms with van der Waals surface area (Å²) in [6.07, 6.45) is 0.319. The van der Waals surface area contributed by atoms with E-state index in [0.29, 0.717) is 0 Å². The summed E-state index contributed by atoms with van der Waals surface area (Å²) in [4.78, 5) is 11.0. The summed E-state index contributed by atoms with van der Waals surface area (Å²) in [6, 6.07) is 9.74. The summed E-state index contributed by atoms with van der Waals surface area (Å²) in [7, 11) is 0. The van der Waals surface area contributed by atoms with Crippen molar-refractivity contribution in [2.45, 2.75) is 25.0 Å². The van der Waals surface area contributed by atoms with Gasteiger partial charge in [0.05, 0.1) is 0 Å². The van der Waals surface area contributed by atoms with Gasteiger partial charge in [0.2, 0.25) is 5.91 Å². The molecule has 0 spiro atoms. The highest BCUT2D eigenvalue weighted by atomic mass is 16.6. The van der Waals surface area contributed by atoms with Gasteiger partial charge in [-0.15, -0.1) is 0 Å². The Morgan fingerprint density at radius 3 is 2.57 bits per heavy atom. The van der Waals surface area contributed by atoms with Gasteiger partial charge in [-0.3, -0.25) is 4.79 Å². The molecule has 2 atom stereocenters. The SMILES string of the molecule is CCC1(c2ccccc2)OC1C(N)=O. The maximum Gasteiger partial charge on any atom is 0.250 e. The molecule has 1 saturated heterocycles. The van der Waals surface area contributed by atoms with E-state index in [2.05, 4.69) is 0 Å². The molecule has 1 aliphatic heterocycles. The first kappa shape index (κ1) is 9.21. The summed E-state index contributed by atoms with van der Waals surface area (Å²) in [5.41, 5.74) is 5.80. The van der Waals surface area contributed by atoms with Crippen LogP contribution < -0.4 is 5.73 Å². The summed E-state index contributed by atoms with van der Waals surface area (Å²) in [6.45, 7) is 2.00. The summed E-state index contributed by atoms with van der Waals surface area (Å²) < 4.78 is 5.43. The van der Waals surface area contributed by atoms with Gasteiger partial charge in [-0.1, -0.05) is 37.3 Å². The lowest BCUT2D eigenvalue weighted by atomic mass is 9.92. The van der Waals surface area contributed by atoms with E-state index in [4.69, 9.17) is 10.5 Å². The lowest BCUT2D eigenvalue weighted by molar-refractivity contribution is -0.119. The largest absolute Gasteiger partial charge is 0.367 e. The fourth-order valence-electron chi connectivity index (χ4n) is 1.88. The molecule has 14 heavy (non-hydrogen) atoms. The summed E-state index contributed by atoms with van der Waals surface area (Å²) in [5.74, 6) is -0.379. The normalized spacial score (nSPS) is 29.9. The minimum Gasteiger partial charge on any atom is -0.367 e. The van der Waals surface area contributed by atoms with Gasteiger partial charge < -0.3 is 10.5 Å². The summed E-state index contributed by atoms with van der Waals surface area (Å²) in [5, 5.41) is 0. The van der Waals surface area contributed by atoms with E-state index in [1.165, 1.54) is 0 Å². The fraction of sp³-hybridized carbons (Fsp3) is 0.364. The molecule has 1 fully saturated rings.